The van der Waals surface area contributed by atoms with Crippen molar-refractivity contribution >= 4 is 0 Å². The zero-order valence-corrected chi connectivity index (χ0v) is 23.1. The number of phenolic OH excluding ortho intramolecular Hbond substituents is 3. The lowest BCUT2D eigenvalue weighted by atomic mass is 9.82. The van der Waals surface area contributed by atoms with Crippen molar-refractivity contribution in [2.45, 2.75) is 92.9 Å². The molecular weight excluding hydrogens is 432 g/mol. The van der Waals surface area contributed by atoms with Crippen molar-refractivity contribution in [3.63, 3.8) is 0 Å². The maximum absolute atomic E-state index is 11.2. The molecular formula is C32H42O3. The average molecular weight is 475 g/mol. The summed E-state index contributed by atoms with van der Waals surface area (Å²) in [4.78, 5) is 0. The van der Waals surface area contributed by atoms with Gasteiger partial charge in [-0.3, -0.25) is 0 Å². The van der Waals surface area contributed by atoms with Gasteiger partial charge in [0.25, 0.3) is 0 Å². The SMILES string of the molecule is Cc1cc(Cc2cc(C)c(Cc3cc(C)c(O)c(C(C)(C)C)c3)c(C)c2O)cc(C(C)(C)C)c1O. The van der Waals surface area contributed by atoms with E-state index in [1.54, 1.807) is 0 Å². The van der Waals surface area contributed by atoms with Crippen LogP contribution >= 0.6 is 0 Å². The molecule has 0 saturated carbocycles. The van der Waals surface area contributed by atoms with E-state index in [-0.39, 0.29) is 10.8 Å². The highest BCUT2D eigenvalue weighted by Crippen LogP contribution is 2.38. The molecule has 0 fully saturated rings. The Morgan fingerprint density at radius 3 is 1.40 bits per heavy atom. The Hall–Kier alpha value is -2.94. The van der Waals surface area contributed by atoms with Crippen LogP contribution in [0.1, 0.15) is 97.2 Å². The Balaban J connectivity index is 2.01. The first-order valence-electron chi connectivity index (χ1n) is 12.5. The van der Waals surface area contributed by atoms with Gasteiger partial charge in [0.2, 0.25) is 0 Å². The Labute approximate surface area is 211 Å². The van der Waals surface area contributed by atoms with Crippen LogP contribution < -0.4 is 0 Å². The Morgan fingerprint density at radius 2 is 0.971 bits per heavy atom. The summed E-state index contributed by atoms with van der Waals surface area (Å²) in [5, 5.41) is 32.4. The molecule has 188 valence electrons. The lowest BCUT2D eigenvalue weighted by Gasteiger charge is -2.24. The third-order valence-electron chi connectivity index (χ3n) is 7.09. The molecule has 3 N–H and O–H groups in total. The largest absolute Gasteiger partial charge is 0.507 e. The molecule has 3 rings (SSSR count). The van der Waals surface area contributed by atoms with Crippen molar-refractivity contribution in [3.05, 3.63) is 86.0 Å². The highest BCUT2D eigenvalue weighted by molar-refractivity contribution is 5.55. The van der Waals surface area contributed by atoms with Gasteiger partial charge in [0, 0.05) is 6.42 Å². The molecule has 0 amide bonds. The van der Waals surface area contributed by atoms with Crippen LogP contribution in [0.15, 0.2) is 30.3 Å². The van der Waals surface area contributed by atoms with E-state index < -0.39 is 0 Å². The molecule has 0 aliphatic heterocycles. The number of aryl methyl sites for hydroxylation is 3. The van der Waals surface area contributed by atoms with E-state index in [9.17, 15) is 15.3 Å². The quantitative estimate of drug-likeness (QED) is 0.361. The summed E-state index contributed by atoms with van der Waals surface area (Å²) in [5.74, 6) is 1.05. The molecule has 0 aliphatic carbocycles. The highest BCUT2D eigenvalue weighted by Gasteiger charge is 2.23. The van der Waals surface area contributed by atoms with Crippen LogP contribution in [0.25, 0.3) is 0 Å². The van der Waals surface area contributed by atoms with Gasteiger partial charge in [-0.1, -0.05) is 71.9 Å². The zero-order chi connectivity index (χ0) is 26.5. The second kappa shape index (κ2) is 9.26. The van der Waals surface area contributed by atoms with Crippen molar-refractivity contribution in [2.75, 3.05) is 0 Å². The third-order valence-corrected chi connectivity index (χ3v) is 7.09. The average Bonchev–Trinajstić information content (AvgIpc) is 2.72. The standard InChI is InChI=1S/C32H42O3/c1-18-13-24(14-22-11-19(2)28(33)26(16-22)31(5,6)7)30(35)21(4)25(18)15-23-12-20(3)29(34)27(17-23)32(8,9)10/h11-13,16-17,33-35H,14-15H2,1-10H3. The van der Waals surface area contributed by atoms with Gasteiger partial charge in [-0.05, 0) is 101 Å². The van der Waals surface area contributed by atoms with Gasteiger partial charge in [0.15, 0.2) is 0 Å². The molecule has 0 atom stereocenters. The van der Waals surface area contributed by atoms with Gasteiger partial charge in [-0.15, -0.1) is 0 Å². The molecule has 0 saturated heterocycles. The smallest absolute Gasteiger partial charge is 0.122 e. The Bertz CT molecular complexity index is 1270. The summed E-state index contributed by atoms with van der Waals surface area (Å²) in [5.41, 5.74) is 9.54. The first-order chi connectivity index (χ1) is 16.0. The summed E-state index contributed by atoms with van der Waals surface area (Å²) in [6.45, 7) is 20.6. The van der Waals surface area contributed by atoms with Crippen molar-refractivity contribution < 1.29 is 15.3 Å². The van der Waals surface area contributed by atoms with Gasteiger partial charge in [0.1, 0.15) is 17.2 Å². The predicted octanol–water partition coefficient (Wildman–Crippen LogP) is 7.81. The highest BCUT2D eigenvalue weighted by atomic mass is 16.3. The Kier molecular flexibility index (Phi) is 7.05. The second-order valence-electron chi connectivity index (χ2n) is 12.3. The van der Waals surface area contributed by atoms with Crippen LogP contribution in [0.3, 0.4) is 0 Å². The monoisotopic (exact) mass is 474 g/mol. The fourth-order valence-electron chi connectivity index (χ4n) is 4.98. The molecule has 3 nitrogen and oxygen atoms in total. The van der Waals surface area contributed by atoms with Crippen LogP contribution in [0.2, 0.25) is 0 Å². The molecule has 0 aliphatic rings. The van der Waals surface area contributed by atoms with Gasteiger partial charge in [-0.25, -0.2) is 0 Å². The number of aromatic hydroxyl groups is 3. The van der Waals surface area contributed by atoms with Crippen LogP contribution in [0.5, 0.6) is 17.2 Å². The predicted molar refractivity (Wildman–Crippen MR) is 146 cm³/mol. The van der Waals surface area contributed by atoms with Crippen molar-refractivity contribution in [1.29, 1.82) is 0 Å². The number of rotatable bonds is 4. The third kappa shape index (κ3) is 5.50. The normalized spacial score (nSPS) is 12.3. The summed E-state index contributed by atoms with van der Waals surface area (Å²) < 4.78 is 0. The topological polar surface area (TPSA) is 60.7 Å². The summed E-state index contributed by atoms with van der Waals surface area (Å²) in [6, 6.07) is 10.3. The molecule has 0 spiro atoms. The van der Waals surface area contributed by atoms with Crippen LogP contribution in [-0.2, 0) is 23.7 Å². The van der Waals surface area contributed by atoms with Gasteiger partial charge < -0.3 is 15.3 Å². The number of phenols is 3. The van der Waals surface area contributed by atoms with Crippen LogP contribution in [0.4, 0.5) is 0 Å². The second-order valence-corrected chi connectivity index (χ2v) is 12.3. The van der Waals surface area contributed by atoms with Crippen LogP contribution in [-0.4, -0.2) is 15.3 Å². The maximum atomic E-state index is 11.2. The molecule has 3 aromatic rings. The number of benzene rings is 3. The van der Waals surface area contributed by atoms with Crippen LogP contribution in [0, 0.1) is 27.7 Å². The van der Waals surface area contributed by atoms with E-state index in [4.69, 9.17) is 0 Å². The number of hydrogen-bond acceptors (Lipinski definition) is 3. The van der Waals surface area contributed by atoms with E-state index in [1.165, 1.54) is 0 Å². The zero-order valence-electron chi connectivity index (χ0n) is 23.1. The maximum Gasteiger partial charge on any atom is 0.122 e. The van der Waals surface area contributed by atoms with E-state index >= 15 is 0 Å². The molecule has 0 radical (unpaired) electrons. The summed E-state index contributed by atoms with van der Waals surface area (Å²) in [7, 11) is 0. The lowest BCUT2D eigenvalue weighted by molar-refractivity contribution is 0.441. The van der Waals surface area contributed by atoms with Crippen molar-refractivity contribution in [2.24, 2.45) is 0 Å². The summed E-state index contributed by atoms with van der Waals surface area (Å²) >= 11 is 0. The van der Waals surface area contributed by atoms with Gasteiger partial charge in [0.05, 0.1) is 0 Å². The Morgan fingerprint density at radius 1 is 0.543 bits per heavy atom. The molecule has 0 aromatic heterocycles. The minimum atomic E-state index is -0.170. The van der Waals surface area contributed by atoms with E-state index in [1.807, 2.05) is 32.9 Å². The van der Waals surface area contributed by atoms with E-state index in [2.05, 4.69) is 66.7 Å². The molecule has 0 bridgehead atoms. The summed E-state index contributed by atoms with van der Waals surface area (Å²) in [6.07, 6.45) is 1.30. The van der Waals surface area contributed by atoms with E-state index in [0.717, 1.165) is 55.6 Å². The first-order valence-corrected chi connectivity index (χ1v) is 12.5. The molecule has 3 heteroatoms. The fraction of sp³-hybridized carbons (Fsp3) is 0.438. The number of hydrogen-bond donors (Lipinski definition) is 3. The molecule has 35 heavy (non-hydrogen) atoms. The minimum absolute atomic E-state index is 0.158. The van der Waals surface area contributed by atoms with Gasteiger partial charge in [-0.2, -0.15) is 0 Å². The van der Waals surface area contributed by atoms with Crippen molar-refractivity contribution in [3.8, 4) is 17.2 Å². The van der Waals surface area contributed by atoms with Crippen molar-refractivity contribution in [1.82, 2.24) is 0 Å². The first kappa shape index (κ1) is 26.7. The lowest BCUT2D eigenvalue weighted by Crippen LogP contribution is -2.13. The molecule has 0 unspecified atom stereocenters. The van der Waals surface area contributed by atoms with E-state index in [0.29, 0.717) is 30.1 Å². The minimum Gasteiger partial charge on any atom is -0.507 e. The fourth-order valence-corrected chi connectivity index (χ4v) is 4.98. The molecule has 0 heterocycles. The molecule has 3 aromatic carbocycles. The van der Waals surface area contributed by atoms with Gasteiger partial charge >= 0.3 is 0 Å².